The van der Waals surface area contributed by atoms with Crippen LogP contribution in [0.3, 0.4) is 0 Å². The van der Waals surface area contributed by atoms with E-state index in [2.05, 4.69) is 31.2 Å². The molecule has 1 unspecified atom stereocenters. The number of aliphatic carboxylic acids is 1. The molecule has 8 atom stereocenters. The summed E-state index contributed by atoms with van der Waals surface area (Å²) in [6.45, 7) is 6.01. The molecule has 164 valence electrons. The van der Waals surface area contributed by atoms with E-state index in [0.29, 0.717) is 18.8 Å². The molecule has 3 N–H and O–H groups in total. The highest BCUT2D eigenvalue weighted by Crippen LogP contribution is 2.44. The van der Waals surface area contributed by atoms with E-state index in [0.717, 1.165) is 12.8 Å². The lowest BCUT2D eigenvalue weighted by Crippen LogP contribution is -2.43. The van der Waals surface area contributed by atoms with Crippen LogP contribution in [0.5, 0.6) is 0 Å². The number of esters is 1. The van der Waals surface area contributed by atoms with Gasteiger partial charge in [0.05, 0.1) is 24.5 Å². The van der Waals surface area contributed by atoms with Crippen molar-refractivity contribution in [2.75, 3.05) is 0 Å². The first-order valence-corrected chi connectivity index (χ1v) is 10.9. The van der Waals surface area contributed by atoms with Gasteiger partial charge < -0.3 is 20.1 Å². The van der Waals surface area contributed by atoms with Crippen molar-refractivity contribution in [3.63, 3.8) is 0 Å². The predicted octanol–water partition coefficient (Wildman–Crippen LogP) is 3.33. The highest BCUT2D eigenvalue weighted by Gasteiger charge is 2.41. The average molecular weight is 409 g/mol. The van der Waals surface area contributed by atoms with Crippen molar-refractivity contribution >= 4 is 11.9 Å². The van der Waals surface area contributed by atoms with E-state index in [-0.39, 0.29) is 48.6 Å². The van der Waals surface area contributed by atoms with E-state index >= 15 is 0 Å². The zero-order valence-corrected chi connectivity index (χ0v) is 17.7. The fraction of sp³-hybridized carbons (Fsp3) is 0.739. The Balaban J connectivity index is 2.03. The number of carbonyl (C=O) groups is 2. The third-order valence-corrected chi connectivity index (χ3v) is 6.48. The molecule has 2 aliphatic carbocycles. The zero-order valence-electron chi connectivity index (χ0n) is 17.7. The van der Waals surface area contributed by atoms with Gasteiger partial charge in [-0.15, -0.1) is 0 Å². The summed E-state index contributed by atoms with van der Waals surface area (Å²) in [5.74, 6) is -0.409. The van der Waals surface area contributed by atoms with Crippen molar-refractivity contribution in [3.8, 4) is 0 Å². The van der Waals surface area contributed by atoms with Gasteiger partial charge in [-0.2, -0.15) is 0 Å². The van der Waals surface area contributed by atoms with Crippen LogP contribution < -0.4 is 0 Å². The summed E-state index contributed by atoms with van der Waals surface area (Å²) < 4.78 is 5.92. The van der Waals surface area contributed by atoms with Gasteiger partial charge >= 0.3 is 11.9 Å². The maximum atomic E-state index is 12.4. The molecule has 0 saturated heterocycles. The first kappa shape index (κ1) is 23.6. The molecule has 0 aromatic carbocycles. The molecule has 0 fully saturated rings. The van der Waals surface area contributed by atoms with E-state index in [4.69, 9.17) is 9.84 Å². The minimum Gasteiger partial charge on any atom is -0.481 e. The summed E-state index contributed by atoms with van der Waals surface area (Å²) in [5.41, 5.74) is 0. The Morgan fingerprint density at radius 3 is 2.55 bits per heavy atom. The Kier molecular flexibility index (Phi) is 8.90. The van der Waals surface area contributed by atoms with Crippen molar-refractivity contribution in [3.05, 3.63) is 24.3 Å². The van der Waals surface area contributed by atoms with Gasteiger partial charge in [0.1, 0.15) is 6.10 Å². The standard InChI is InChI=1S/C23H36O6/c1-4-14(2)23(28)29-20-7-5-6-16-9-8-15(3)19(22(16)20)11-10-17(24)12-18(25)13-21(26)27/h5-6,8-9,14-20,22,24-25H,4,7,10-13H2,1-3H3,(H,26,27)/t14-,15-,16?,17+,18+,19-,20-,22-/m0/s1. The molecule has 0 amide bonds. The minimum atomic E-state index is -1.07. The van der Waals surface area contributed by atoms with Crippen LogP contribution >= 0.6 is 0 Å². The number of aliphatic hydroxyl groups excluding tert-OH is 2. The van der Waals surface area contributed by atoms with Crippen LogP contribution in [0.25, 0.3) is 0 Å². The number of ether oxygens (including phenoxy) is 1. The summed E-state index contributed by atoms with van der Waals surface area (Å²) in [6, 6.07) is 0. The fourth-order valence-electron chi connectivity index (χ4n) is 4.57. The number of hydrogen-bond donors (Lipinski definition) is 3. The SMILES string of the molecule is CC[C@H](C)C(=O)O[C@H]1CC=CC2C=C[C@H](C)[C@H](CC[C@@H](O)C[C@@H](O)CC(=O)O)[C@H]21. The number of aliphatic hydroxyl groups is 2. The monoisotopic (exact) mass is 408 g/mol. The van der Waals surface area contributed by atoms with Crippen LogP contribution in [-0.2, 0) is 14.3 Å². The topological polar surface area (TPSA) is 104 Å². The lowest BCUT2D eigenvalue weighted by molar-refractivity contribution is -0.159. The van der Waals surface area contributed by atoms with E-state index in [1.165, 1.54) is 0 Å². The zero-order chi connectivity index (χ0) is 21.6. The van der Waals surface area contributed by atoms with Gasteiger partial charge in [-0.3, -0.25) is 9.59 Å². The van der Waals surface area contributed by atoms with Crippen molar-refractivity contribution in [1.82, 2.24) is 0 Å². The maximum absolute atomic E-state index is 12.4. The second-order valence-corrected chi connectivity index (χ2v) is 8.73. The van der Waals surface area contributed by atoms with Crippen molar-refractivity contribution < 1.29 is 29.6 Å². The van der Waals surface area contributed by atoms with Crippen LogP contribution in [0, 0.1) is 29.6 Å². The number of carboxylic acids is 1. The van der Waals surface area contributed by atoms with Gasteiger partial charge in [0.15, 0.2) is 0 Å². The molecule has 29 heavy (non-hydrogen) atoms. The highest BCUT2D eigenvalue weighted by atomic mass is 16.5. The summed E-state index contributed by atoms with van der Waals surface area (Å²) in [4.78, 5) is 23.1. The lowest BCUT2D eigenvalue weighted by Gasteiger charge is -2.43. The molecular weight excluding hydrogens is 372 g/mol. The summed E-state index contributed by atoms with van der Waals surface area (Å²) >= 11 is 0. The van der Waals surface area contributed by atoms with Crippen molar-refractivity contribution in [1.29, 1.82) is 0 Å². The number of fused-ring (bicyclic) bond motifs is 1. The Labute approximate surface area is 173 Å². The Bertz CT molecular complexity index is 612. The number of carboxylic acid groups (broad SMARTS) is 1. The second-order valence-electron chi connectivity index (χ2n) is 8.73. The molecule has 0 saturated carbocycles. The predicted molar refractivity (Wildman–Crippen MR) is 110 cm³/mol. The van der Waals surface area contributed by atoms with Gasteiger partial charge in [-0.25, -0.2) is 0 Å². The fourth-order valence-corrected chi connectivity index (χ4v) is 4.57. The molecule has 2 aliphatic rings. The molecule has 0 radical (unpaired) electrons. The average Bonchev–Trinajstić information content (AvgIpc) is 2.66. The third kappa shape index (κ3) is 6.68. The summed E-state index contributed by atoms with van der Waals surface area (Å²) in [5, 5.41) is 28.8. The largest absolute Gasteiger partial charge is 0.481 e. The van der Waals surface area contributed by atoms with E-state index in [1.54, 1.807) is 0 Å². The molecule has 0 aliphatic heterocycles. The molecule has 2 rings (SSSR count). The van der Waals surface area contributed by atoms with Crippen LogP contribution in [0.2, 0.25) is 0 Å². The first-order chi connectivity index (χ1) is 13.7. The van der Waals surface area contributed by atoms with Gasteiger partial charge in [-0.1, -0.05) is 45.1 Å². The van der Waals surface area contributed by atoms with Crippen LogP contribution in [0.4, 0.5) is 0 Å². The molecule has 0 spiro atoms. The van der Waals surface area contributed by atoms with E-state index in [9.17, 15) is 19.8 Å². The molecule has 6 nitrogen and oxygen atoms in total. The number of allylic oxidation sites excluding steroid dienone is 3. The number of hydrogen-bond acceptors (Lipinski definition) is 5. The molecule has 0 bridgehead atoms. The van der Waals surface area contributed by atoms with Gasteiger partial charge in [0, 0.05) is 18.3 Å². The quantitative estimate of drug-likeness (QED) is 0.378. The Morgan fingerprint density at radius 2 is 1.90 bits per heavy atom. The normalized spacial score (nSPS) is 31.6. The molecular formula is C23H36O6. The second kappa shape index (κ2) is 10.9. The van der Waals surface area contributed by atoms with Gasteiger partial charge in [0.25, 0.3) is 0 Å². The van der Waals surface area contributed by atoms with Gasteiger partial charge in [0.2, 0.25) is 0 Å². The van der Waals surface area contributed by atoms with Crippen molar-refractivity contribution in [2.24, 2.45) is 29.6 Å². The lowest BCUT2D eigenvalue weighted by atomic mass is 9.64. The van der Waals surface area contributed by atoms with Crippen LogP contribution in [0.15, 0.2) is 24.3 Å². The van der Waals surface area contributed by atoms with Crippen LogP contribution in [-0.4, -0.2) is 45.6 Å². The Morgan fingerprint density at radius 1 is 1.17 bits per heavy atom. The van der Waals surface area contributed by atoms with Crippen molar-refractivity contribution in [2.45, 2.75) is 77.6 Å². The van der Waals surface area contributed by atoms with E-state index in [1.807, 2.05) is 13.8 Å². The summed E-state index contributed by atoms with van der Waals surface area (Å²) in [7, 11) is 0. The highest BCUT2D eigenvalue weighted by molar-refractivity contribution is 5.72. The van der Waals surface area contributed by atoms with Gasteiger partial charge in [-0.05, 0) is 37.5 Å². The smallest absolute Gasteiger partial charge is 0.308 e. The Hall–Kier alpha value is -1.66. The molecule has 6 heteroatoms. The molecule has 0 aromatic rings. The van der Waals surface area contributed by atoms with E-state index < -0.39 is 18.2 Å². The number of rotatable bonds is 10. The molecule has 0 aromatic heterocycles. The minimum absolute atomic E-state index is 0.0592. The summed E-state index contributed by atoms with van der Waals surface area (Å²) in [6.07, 6.45) is 9.08. The maximum Gasteiger partial charge on any atom is 0.308 e. The van der Waals surface area contributed by atoms with Crippen LogP contribution in [0.1, 0.15) is 59.3 Å². The third-order valence-electron chi connectivity index (χ3n) is 6.48. The molecule has 0 heterocycles. The first-order valence-electron chi connectivity index (χ1n) is 10.9. The number of carbonyl (C=O) groups excluding carboxylic acids is 1.